The molecular formula is C26H28N4O4. The zero-order chi connectivity index (χ0) is 24.5. The quantitative estimate of drug-likeness (QED) is 0.571. The number of aryl methyl sites for hydroxylation is 2. The van der Waals surface area contributed by atoms with Gasteiger partial charge in [-0.25, -0.2) is 9.78 Å². The zero-order valence-electron chi connectivity index (χ0n) is 19.8. The molecule has 0 radical (unpaired) electrons. The van der Waals surface area contributed by atoms with E-state index >= 15 is 0 Å². The molecule has 1 aliphatic rings. The molecule has 1 aromatic heterocycles. The maximum Gasteiger partial charge on any atom is 0.359 e. The van der Waals surface area contributed by atoms with Gasteiger partial charge in [-0.2, -0.15) is 0 Å². The molecule has 1 N–H and O–H groups in total. The zero-order valence-corrected chi connectivity index (χ0v) is 19.8. The number of aromatic nitrogens is 2. The standard InChI is InChI=1S/C26H28N4O4/c1-17-8-10-19(11-9-17)13-27-25(33)26(3)15-29-16-28-21(24(32)34-4)22(29)23(31)30(26)14-20-7-5-6-18(2)12-20/h5-12,16H,13-15H2,1-4H3,(H,27,33). The van der Waals surface area contributed by atoms with Crippen molar-refractivity contribution in [2.24, 2.45) is 0 Å². The minimum absolute atomic E-state index is 0.0520. The Kier molecular flexibility index (Phi) is 6.24. The Morgan fingerprint density at radius 1 is 1.09 bits per heavy atom. The van der Waals surface area contributed by atoms with Gasteiger partial charge in [-0.15, -0.1) is 0 Å². The highest BCUT2D eigenvalue weighted by molar-refractivity contribution is 6.06. The number of carbonyl (C=O) groups excluding carboxylic acids is 3. The fraction of sp³-hybridized carbons (Fsp3) is 0.308. The lowest BCUT2D eigenvalue weighted by Crippen LogP contribution is -2.63. The number of hydrogen-bond donors (Lipinski definition) is 1. The number of amides is 2. The Balaban J connectivity index is 1.69. The molecule has 176 valence electrons. The fourth-order valence-corrected chi connectivity index (χ4v) is 4.25. The van der Waals surface area contributed by atoms with Crippen molar-refractivity contribution in [2.45, 2.75) is 45.9 Å². The summed E-state index contributed by atoms with van der Waals surface area (Å²) in [5.41, 5.74) is 2.91. The van der Waals surface area contributed by atoms with Gasteiger partial charge in [0, 0.05) is 13.1 Å². The van der Waals surface area contributed by atoms with Crippen LogP contribution in [-0.2, 0) is 29.2 Å². The maximum atomic E-state index is 13.7. The van der Waals surface area contributed by atoms with Crippen molar-refractivity contribution in [2.75, 3.05) is 7.11 Å². The molecule has 0 aliphatic carbocycles. The van der Waals surface area contributed by atoms with Crippen LogP contribution in [0.1, 0.15) is 50.2 Å². The van der Waals surface area contributed by atoms with E-state index in [4.69, 9.17) is 4.74 Å². The van der Waals surface area contributed by atoms with Crippen LogP contribution < -0.4 is 5.32 Å². The van der Waals surface area contributed by atoms with Crippen molar-refractivity contribution in [3.8, 4) is 0 Å². The average Bonchev–Trinajstić information content (AvgIpc) is 3.24. The molecule has 0 fully saturated rings. The van der Waals surface area contributed by atoms with Gasteiger partial charge in [-0.05, 0) is 31.9 Å². The Morgan fingerprint density at radius 3 is 2.50 bits per heavy atom. The van der Waals surface area contributed by atoms with Crippen LogP contribution in [0.3, 0.4) is 0 Å². The van der Waals surface area contributed by atoms with Gasteiger partial charge in [0.1, 0.15) is 11.2 Å². The van der Waals surface area contributed by atoms with Crippen molar-refractivity contribution < 1.29 is 19.1 Å². The smallest absolute Gasteiger partial charge is 0.359 e. The molecule has 1 unspecified atom stereocenters. The second-order valence-electron chi connectivity index (χ2n) is 8.88. The number of imidazole rings is 1. The monoisotopic (exact) mass is 460 g/mol. The van der Waals surface area contributed by atoms with E-state index < -0.39 is 17.4 Å². The molecule has 0 spiro atoms. The van der Waals surface area contributed by atoms with Gasteiger partial charge >= 0.3 is 5.97 Å². The highest BCUT2D eigenvalue weighted by Crippen LogP contribution is 2.31. The number of nitrogens with one attached hydrogen (secondary N) is 1. The summed E-state index contributed by atoms with van der Waals surface area (Å²) in [6.07, 6.45) is 1.41. The summed E-state index contributed by atoms with van der Waals surface area (Å²) >= 11 is 0. The molecule has 2 heterocycles. The third-order valence-electron chi connectivity index (χ3n) is 6.22. The number of methoxy groups -OCH3 is 1. The van der Waals surface area contributed by atoms with E-state index in [1.54, 1.807) is 11.5 Å². The number of fused-ring (bicyclic) bond motifs is 1. The molecule has 0 saturated carbocycles. The molecule has 3 aromatic rings. The highest BCUT2D eigenvalue weighted by Gasteiger charge is 2.48. The molecule has 8 nitrogen and oxygen atoms in total. The number of benzene rings is 2. The molecule has 34 heavy (non-hydrogen) atoms. The third kappa shape index (κ3) is 4.31. The van der Waals surface area contributed by atoms with Gasteiger partial charge < -0.3 is 19.5 Å². The van der Waals surface area contributed by atoms with E-state index in [9.17, 15) is 14.4 Å². The molecular weight excluding hydrogens is 432 g/mol. The Labute approximate surface area is 198 Å². The SMILES string of the molecule is COC(=O)c1ncn2c1C(=O)N(Cc1cccc(C)c1)C(C)(C(=O)NCc1ccc(C)cc1)C2. The minimum Gasteiger partial charge on any atom is -0.464 e. The van der Waals surface area contributed by atoms with E-state index in [1.807, 2.05) is 62.4 Å². The van der Waals surface area contributed by atoms with Crippen LogP contribution in [0.15, 0.2) is 54.9 Å². The first-order valence-electron chi connectivity index (χ1n) is 11.1. The number of ether oxygens (including phenoxy) is 1. The minimum atomic E-state index is -1.20. The Morgan fingerprint density at radius 2 is 1.82 bits per heavy atom. The molecule has 0 bridgehead atoms. The van der Waals surface area contributed by atoms with Crippen LogP contribution in [0.2, 0.25) is 0 Å². The maximum absolute atomic E-state index is 13.7. The number of nitrogens with zero attached hydrogens (tertiary/aromatic N) is 3. The van der Waals surface area contributed by atoms with Crippen LogP contribution >= 0.6 is 0 Å². The molecule has 1 atom stereocenters. The number of esters is 1. The summed E-state index contributed by atoms with van der Waals surface area (Å²) in [6.45, 7) is 6.42. The van der Waals surface area contributed by atoms with E-state index in [2.05, 4.69) is 10.3 Å². The third-order valence-corrected chi connectivity index (χ3v) is 6.22. The van der Waals surface area contributed by atoms with Crippen molar-refractivity contribution in [3.63, 3.8) is 0 Å². The van der Waals surface area contributed by atoms with Gasteiger partial charge in [0.2, 0.25) is 5.91 Å². The first kappa shape index (κ1) is 23.2. The van der Waals surface area contributed by atoms with Crippen LogP contribution in [-0.4, -0.2) is 44.9 Å². The van der Waals surface area contributed by atoms with E-state index in [1.165, 1.54) is 18.3 Å². The lowest BCUT2D eigenvalue weighted by atomic mass is 9.93. The highest BCUT2D eigenvalue weighted by atomic mass is 16.5. The molecule has 2 amide bonds. The first-order valence-corrected chi connectivity index (χ1v) is 11.1. The Bertz CT molecular complexity index is 1250. The van der Waals surface area contributed by atoms with Gasteiger partial charge in [0.25, 0.3) is 5.91 Å². The molecule has 1 aliphatic heterocycles. The molecule has 4 rings (SSSR count). The van der Waals surface area contributed by atoms with E-state index in [-0.39, 0.29) is 30.4 Å². The van der Waals surface area contributed by atoms with Crippen molar-refractivity contribution in [1.29, 1.82) is 0 Å². The van der Waals surface area contributed by atoms with Gasteiger partial charge in [0.05, 0.1) is 20.0 Å². The normalized spacial score (nSPS) is 17.3. The first-order chi connectivity index (χ1) is 16.2. The molecule has 8 heteroatoms. The lowest BCUT2D eigenvalue weighted by molar-refractivity contribution is -0.133. The molecule has 0 saturated heterocycles. The topological polar surface area (TPSA) is 93.5 Å². The predicted octanol–water partition coefficient (Wildman–Crippen LogP) is 3.02. The van der Waals surface area contributed by atoms with E-state index in [0.717, 1.165) is 22.3 Å². The van der Waals surface area contributed by atoms with Crippen molar-refractivity contribution >= 4 is 17.8 Å². The summed E-state index contributed by atoms with van der Waals surface area (Å²) in [7, 11) is 1.24. The predicted molar refractivity (Wildman–Crippen MR) is 126 cm³/mol. The van der Waals surface area contributed by atoms with Crippen LogP contribution in [0.4, 0.5) is 0 Å². The van der Waals surface area contributed by atoms with E-state index in [0.29, 0.717) is 6.54 Å². The lowest BCUT2D eigenvalue weighted by Gasteiger charge is -2.43. The van der Waals surface area contributed by atoms with Gasteiger partial charge in [0.15, 0.2) is 5.69 Å². The summed E-state index contributed by atoms with van der Waals surface area (Å²) in [5, 5.41) is 2.99. The number of carbonyl (C=O) groups is 3. The average molecular weight is 461 g/mol. The van der Waals surface area contributed by atoms with Crippen molar-refractivity contribution in [3.05, 3.63) is 88.5 Å². The summed E-state index contributed by atoms with van der Waals surface area (Å²) in [6, 6.07) is 15.7. The Hall–Kier alpha value is -3.94. The van der Waals surface area contributed by atoms with Crippen molar-refractivity contribution in [1.82, 2.24) is 19.8 Å². The largest absolute Gasteiger partial charge is 0.464 e. The fourth-order valence-electron chi connectivity index (χ4n) is 4.25. The van der Waals surface area contributed by atoms with Gasteiger partial charge in [-0.1, -0.05) is 59.7 Å². The van der Waals surface area contributed by atoms with Crippen LogP contribution in [0, 0.1) is 13.8 Å². The number of rotatable bonds is 6. The second kappa shape index (κ2) is 9.13. The summed E-state index contributed by atoms with van der Waals surface area (Å²) in [4.78, 5) is 45.1. The van der Waals surface area contributed by atoms with Gasteiger partial charge in [-0.3, -0.25) is 9.59 Å². The van der Waals surface area contributed by atoms with Crippen LogP contribution in [0.25, 0.3) is 0 Å². The molecule has 2 aromatic carbocycles. The summed E-state index contributed by atoms with van der Waals surface area (Å²) in [5.74, 6) is -1.42. The second-order valence-corrected chi connectivity index (χ2v) is 8.88. The van der Waals surface area contributed by atoms with Crippen LogP contribution in [0.5, 0.6) is 0 Å². The summed E-state index contributed by atoms with van der Waals surface area (Å²) < 4.78 is 6.37. The number of hydrogen-bond acceptors (Lipinski definition) is 5.